The van der Waals surface area contributed by atoms with E-state index in [1.165, 1.54) is 5.56 Å². The SMILES string of the molecule is COCCN(C)C(C)c1cccc(CN(C)c2nc(=O)c3c(C)c(OC)c(OC)cc3[nH]2)c1. The molecule has 2 aromatic carbocycles. The molecule has 0 bridgehead atoms. The molecule has 0 amide bonds. The van der Waals surface area contributed by atoms with Crippen LogP contribution in [0.3, 0.4) is 0 Å². The highest BCUT2D eigenvalue weighted by Crippen LogP contribution is 2.35. The summed E-state index contributed by atoms with van der Waals surface area (Å²) in [6.45, 7) is 6.17. The van der Waals surface area contributed by atoms with Crippen molar-refractivity contribution in [1.29, 1.82) is 0 Å². The predicted octanol–water partition coefficient (Wildman–Crippen LogP) is 3.52. The van der Waals surface area contributed by atoms with Gasteiger partial charge in [0.2, 0.25) is 5.95 Å². The number of ether oxygens (including phenoxy) is 3. The molecule has 1 atom stereocenters. The molecule has 178 valence electrons. The summed E-state index contributed by atoms with van der Waals surface area (Å²) in [7, 11) is 8.87. The number of hydrogen-bond donors (Lipinski definition) is 1. The summed E-state index contributed by atoms with van der Waals surface area (Å²) < 4.78 is 16.1. The molecule has 33 heavy (non-hydrogen) atoms. The van der Waals surface area contributed by atoms with E-state index in [4.69, 9.17) is 14.2 Å². The van der Waals surface area contributed by atoms with Gasteiger partial charge in [0, 0.05) is 44.9 Å². The van der Waals surface area contributed by atoms with Crippen LogP contribution in [0.2, 0.25) is 0 Å². The minimum Gasteiger partial charge on any atom is -0.493 e. The van der Waals surface area contributed by atoms with Crippen LogP contribution >= 0.6 is 0 Å². The summed E-state index contributed by atoms with van der Waals surface area (Å²) in [5.74, 6) is 1.60. The molecule has 1 heterocycles. The topological polar surface area (TPSA) is 79.9 Å². The van der Waals surface area contributed by atoms with Crippen LogP contribution in [0.5, 0.6) is 11.5 Å². The molecule has 0 aliphatic heterocycles. The number of hydrogen-bond acceptors (Lipinski definition) is 7. The minimum atomic E-state index is -0.300. The van der Waals surface area contributed by atoms with Gasteiger partial charge in [-0.1, -0.05) is 24.3 Å². The standard InChI is InChI=1S/C25H34N4O4/c1-16-22-20(14-21(32-6)23(16)33-7)26-25(27-24(22)30)29(4)15-18-9-8-10-19(13-18)17(2)28(3)11-12-31-5/h8-10,13-14,17H,11-12,15H2,1-7H3,(H,26,27,30). The maximum Gasteiger partial charge on any atom is 0.282 e. The second-order valence-electron chi connectivity index (χ2n) is 8.28. The predicted molar refractivity (Wildman–Crippen MR) is 132 cm³/mol. The van der Waals surface area contributed by atoms with Gasteiger partial charge in [0.25, 0.3) is 5.56 Å². The molecule has 0 spiro atoms. The van der Waals surface area contributed by atoms with Crippen LogP contribution in [-0.2, 0) is 11.3 Å². The van der Waals surface area contributed by atoms with E-state index in [0.29, 0.717) is 47.1 Å². The Kier molecular flexibility index (Phi) is 7.94. The smallest absolute Gasteiger partial charge is 0.282 e. The summed E-state index contributed by atoms with van der Waals surface area (Å²) in [5, 5.41) is 0.500. The Morgan fingerprint density at radius 2 is 1.88 bits per heavy atom. The molecule has 1 unspecified atom stereocenters. The lowest BCUT2D eigenvalue weighted by Crippen LogP contribution is -2.26. The van der Waals surface area contributed by atoms with Crippen molar-refractivity contribution < 1.29 is 14.2 Å². The number of nitrogens with one attached hydrogen (secondary N) is 1. The summed E-state index contributed by atoms with van der Waals surface area (Å²) >= 11 is 0. The van der Waals surface area contributed by atoms with Crippen LogP contribution in [-0.4, -0.2) is 63.4 Å². The fourth-order valence-electron chi connectivity index (χ4n) is 4.01. The Bertz CT molecular complexity index is 1160. The van der Waals surface area contributed by atoms with Gasteiger partial charge in [0.15, 0.2) is 11.5 Å². The van der Waals surface area contributed by atoms with Crippen LogP contribution < -0.4 is 19.9 Å². The number of fused-ring (bicyclic) bond motifs is 1. The minimum absolute atomic E-state index is 0.259. The first-order chi connectivity index (χ1) is 15.8. The fraction of sp³-hybridized carbons (Fsp3) is 0.440. The number of aromatic amines is 1. The molecule has 8 heteroatoms. The number of benzene rings is 2. The summed E-state index contributed by atoms with van der Waals surface area (Å²) in [4.78, 5) is 24.7. The first-order valence-electron chi connectivity index (χ1n) is 10.9. The number of aryl methyl sites for hydroxylation is 1. The zero-order valence-corrected chi connectivity index (χ0v) is 20.6. The molecule has 0 radical (unpaired) electrons. The monoisotopic (exact) mass is 454 g/mol. The van der Waals surface area contributed by atoms with Crippen molar-refractivity contribution in [3.63, 3.8) is 0 Å². The van der Waals surface area contributed by atoms with E-state index < -0.39 is 0 Å². The van der Waals surface area contributed by atoms with E-state index in [1.54, 1.807) is 27.4 Å². The van der Waals surface area contributed by atoms with Crippen LogP contribution in [0.1, 0.15) is 29.7 Å². The van der Waals surface area contributed by atoms with Gasteiger partial charge in [0.05, 0.1) is 31.7 Å². The normalized spacial score (nSPS) is 12.2. The average molecular weight is 455 g/mol. The molecule has 0 aliphatic rings. The maximum absolute atomic E-state index is 12.9. The molecule has 0 fully saturated rings. The third-order valence-corrected chi connectivity index (χ3v) is 6.10. The number of aromatic nitrogens is 2. The van der Waals surface area contributed by atoms with Crippen LogP contribution in [0, 0.1) is 6.92 Å². The van der Waals surface area contributed by atoms with Crippen LogP contribution in [0.15, 0.2) is 35.1 Å². The average Bonchev–Trinajstić information content (AvgIpc) is 2.81. The van der Waals surface area contributed by atoms with Crippen molar-refractivity contribution in [1.82, 2.24) is 14.9 Å². The van der Waals surface area contributed by atoms with Gasteiger partial charge in [0.1, 0.15) is 0 Å². The van der Waals surface area contributed by atoms with Crippen LogP contribution in [0.4, 0.5) is 5.95 Å². The highest BCUT2D eigenvalue weighted by Gasteiger charge is 2.17. The Balaban J connectivity index is 1.88. The number of nitrogens with zero attached hydrogens (tertiary/aromatic N) is 3. The van der Waals surface area contributed by atoms with E-state index in [-0.39, 0.29) is 11.6 Å². The second kappa shape index (κ2) is 10.7. The van der Waals surface area contributed by atoms with Gasteiger partial charge in [-0.15, -0.1) is 0 Å². The maximum atomic E-state index is 12.9. The fourth-order valence-corrected chi connectivity index (χ4v) is 4.01. The Morgan fingerprint density at radius 1 is 1.12 bits per heavy atom. The van der Waals surface area contributed by atoms with E-state index >= 15 is 0 Å². The number of likely N-dealkylation sites (N-methyl/N-ethyl adjacent to an activating group) is 1. The molecular weight excluding hydrogens is 420 g/mol. The Hall–Kier alpha value is -3.10. The van der Waals surface area contributed by atoms with Gasteiger partial charge in [-0.05, 0) is 32.0 Å². The molecule has 0 saturated heterocycles. The third kappa shape index (κ3) is 5.29. The third-order valence-electron chi connectivity index (χ3n) is 6.10. The number of anilines is 1. The lowest BCUT2D eigenvalue weighted by atomic mass is 10.0. The van der Waals surface area contributed by atoms with Crippen molar-refractivity contribution in [3.8, 4) is 11.5 Å². The Labute approximate surface area is 195 Å². The van der Waals surface area contributed by atoms with Gasteiger partial charge < -0.3 is 24.1 Å². The van der Waals surface area contributed by atoms with E-state index in [0.717, 1.165) is 12.1 Å². The van der Waals surface area contributed by atoms with E-state index in [1.807, 2.05) is 18.9 Å². The molecule has 0 saturated carbocycles. The first-order valence-corrected chi connectivity index (χ1v) is 10.9. The van der Waals surface area contributed by atoms with Crippen LogP contribution in [0.25, 0.3) is 10.9 Å². The van der Waals surface area contributed by atoms with Gasteiger partial charge in [-0.2, -0.15) is 4.98 Å². The molecule has 1 aromatic heterocycles. The quantitative estimate of drug-likeness (QED) is 0.502. The largest absolute Gasteiger partial charge is 0.493 e. The lowest BCUT2D eigenvalue weighted by Gasteiger charge is -2.25. The summed E-state index contributed by atoms with van der Waals surface area (Å²) in [6, 6.07) is 10.5. The zero-order valence-electron chi connectivity index (χ0n) is 20.6. The highest BCUT2D eigenvalue weighted by atomic mass is 16.5. The Morgan fingerprint density at radius 3 is 2.55 bits per heavy atom. The molecule has 8 nitrogen and oxygen atoms in total. The highest BCUT2D eigenvalue weighted by molar-refractivity contribution is 5.86. The van der Waals surface area contributed by atoms with Crippen molar-refractivity contribution in [2.24, 2.45) is 0 Å². The zero-order chi connectivity index (χ0) is 24.1. The lowest BCUT2D eigenvalue weighted by molar-refractivity contribution is 0.143. The molecule has 1 N–H and O–H groups in total. The van der Waals surface area contributed by atoms with Gasteiger partial charge in [-0.25, -0.2) is 0 Å². The number of H-pyrrole nitrogens is 1. The molecular formula is C25H34N4O4. The van der Waals surface area contributed by atoms with Crippen molar-refractivity contribution in [2.45, 2.75) is 26.4 Å². The van der Waals surface area contributed by atoms with Gasteiger partial charge in [-0.3, -0.25) is 9.69 Å². The van der Waals surface area contributed by atoms with E-state index in [9.17, 15) is 4.79 Å². The molecule has 3 rings (SSSR count). The molecule has 0 aliphatic carbocycles. The second-order valence-corrected chi connectivity index (χ2v) is 8.28. The summed E-state index contributed by atoms with van der Waals surface area (Å²) in [5.41, 5.74) is 3.43. The van der Waals surface area contributed by atoms with Crippen molar-refractivity contribution in [2.75, 3.05) is 53.5 Å². The molecule has 3 aromatic rings. The van der Waals surface area contributed by atoms with E-state index in [2.05, 4.69) is 53.1 Å². The van der Waals surface area contributed by atoms with Crippen molar-refractivity contribution in [3.05, 3.63) is 57.4 Å². The first kappa shape index (κ1) is 24.5. The number of methoxy groups -OCH3 is 3. The van der Waals surface area contributed by atoms with Gasteiger partial charge >= 0.3 is 0 Å². The summed E-state index contributed by atoms with van der Waals surface area (Å²) in [6.07, 6.45) is 0. The van der Waals surface area contributed by atoms with Crippen molar-refractivity contribution >= 4 is 16.9 Å². The number of rotatable bonds is 10.